The molecule has 30 heavy (non-hydrogen) atoms. The third kappa shape index (κ3) is 4.28. The van der Waals surface area contributed by atoms with Gasteiger partial charge in [0.1, 0.15) is 5.75 Å². The Hall–Kier alpha value is -3.39. The first-order chi connectivity index (χ1) is 14.7. The highest BCUT2D eigenvalue weighted by Gasteiger charge is 2.25. The maximum atomic E-state index is 12.9. The van der Waals surface area contributed by atoms with Gasteiger partial charge in [0.05, 0.1) is 18.3 Å². The zero-order valence-corrected chi connectivity index (χ0v) is 16.9. The standard InChI is InChI=1S/C22H25N5O3/c1-30-19-9-5-4-8-18(19)23-20(28)10-11-26-12-14-27(15-13-26)22(29)21-16-6-2-3-7-17(16)24-25-21/h2-9H,10-15H2,1H3,(H,23,28)(H,24,25). The van der Waals surface area contributed by atoms with E-state index in [1.54, 1.807) is 7.11 Å². The van der Waals surface area contributed by atoms with Crippen molar-refractivity contribution in [1.82, 2.24) is 20.0 Å². The number of nitrogens with zero attached hydrogens (tertiary/aromatic N) is 3. The molecule has 8 nitrogen and oxygen atoms in total. The number of hydrogen-bond donors (Lipinski definition) is 2. The van der Waals surface area contributed by atoms with Crippen LogP contribution < -0.4 is 10.1 Å². The monoisotopic (exact) mass is 407 g/mol. The Morgan fingerprint density at radius 2 is 1.80 bits per heavy atom. The number of anilines is 1. The molecule has 2 heterocycles. The fourth-order valence-electron chi connectivity index (χ4n) is 3.67. The lowest BCUT2D eigenvalue weighted by Gasteiger charge is -2.34. The van der Waals surface area contributed by atoms with E-state index < -0.39 is 0 Å². The lowest BCUT2D eigenvalue weighted by atomic mass is 10.2. The van der Waals surface area contributed by atoms with Gasteiger partial charge in [-0.1, -0.05) is 30.3 Å². The molecule has 1 aliphatic heterocycles. The summed E-state index contributed by atoms with van der Waals surface area (Å²) in [7, 11) is 1.58. The Labute approximate surface area is 174 Å². The van der Waals surface area contributed by atoms with Crippen molar-refractivity contribution in [2.45, 2.75) is 6.42 Å². The molecule has 0 unspecified atom stereocenters. The molecule has 1 saturated heterocycles. The maximum absolute atomic E-state index is 12.9. The van der Waals surface area contributed by atoms with E-state index in [-0.39, 0.29) is 11.8 Å². The second kappa shape index (κ2) is 8.96. The van der Waals surface area contributed by atoms with Gasteiger partial charge in [0.25, 0.3) is 5.91 Å². The Morgan fingerprint density at radius 3 is 2.60 bits per heavy atom. The molecule has 0 atom stereocenters. The molecule has 0 spiro atoms. The number of carbonyl (C=O) groups excluding carboxylic acids is 2. The predicted octanol–water partition coefficient (Wildman–Crippen LogP) is 2.36. The summed E-state index contributed by atoms with van der Waals surface area (Å²) < 4.78 is 5.26. The Bertz CT molecular complexity index is 1040. The van der Waals surface area contributed by atoms with Gasteiger partial charge in [-0.3, -0.25) is 19.6 Å². The van der Waals surface area contributed by atoms with Crippen LogP contribution in [0.5, 0.6) is 5.75 Å². The molecular formula is C22H25N5O3. The molecule has 2 N–H and O–H groups in total. The summed E-state index contributed by atoms with van der Waals surface area (Å²) in [6, 6.07) is 15.0. The number of aromatic amines is 1. The molecule has 4 rings (SSSR count). The van der Waals surface area contributed by atoms with Crippen molar-refractivity contribution in [2.24, 2.45) is 0 Å². The first-order valence-corrected chi connectivity index (χ1v) is 10.0. The molecule has 1 aliphatic rings. The number of ether oxygens (including phenoxy) is 1. The van der Waals surface area contributed by atoms with Crippen molar-refractivity contribution < 1.29 is 14.3 Å². The van der Waals surface area contributed by atoms with Crippen LogP contribution in [0.25, 0.3) is 10.9 Å². The van der Waals surface area contributed by atoms with Gasteiger partial charge in [0.15, 0.2) is 5.69 Å². The average molecular weight is 407 g/mol. The van der Waals surface area contributed by atoms with Crippen LogP contribution in [0.4, 0.5) is 5.69 Å². The predicted molar refractivity (Wildman–Crippen MR) is 115 cm³/mol. The Kier molecular flexibility index (Phi) is 5.94. The van der Waals surface area contributed by atoms with Gasteiger partial charge in [-0.2, -0.15) is 5.10 Å². The summed E-state index contributed by atoms with van der Waals surface area (Å²) in [5.41, 5.74) is 2.00. The van der Waals surface area contributed by atoms with E-state index in [0.29, 0.717) is 43.2 Å². The largest absolute Gasteiger partial charge is 0.495 e. The van der Waals surface area contributed by atoms with E-state index in [2.05, 4.69) is 20.4 Å². The van der Waals surface area contributed by atoms with E-state index >= 15 is 0 Å². The second-order valence-electron chi connectivity index (χ2n) is 7.25. The summed E-state index contributed by atoms with van der Waals surface area (Å²) in [6.07, 6.45) is 0.385. The topological polar surface area (TPSA) is 90.6 Å². The highest BCUT2D eigenvalue weighted by Crippen LogP contribution is 2.23. The number of nitrogens with one attached hydrogen (secondary N) is 2. The zero-order valence-electron chi connectivity index (χ0n) is 16.9. The number of carbonyl (C=O) groups is 2. The van der Waals surface area contributed by atoms with Gasteiger partial charge in [-0.25, -0.2) is 0 Å². The van der Waals surface area contributed by atoms with Gasteiger partial charge < -0.3 is 15.0 Å². The number of rotatable bonds is 6. The van der Waals surface area contributed by atoms with Crippen molar-refractivity contribution in [2.75, 3.05) is 45.2 Å². The number of benzene rings is 2. The van der Waals surface area contributed by atoms with Crippen LogP contribution in [-0.4, -0.2) is 71.6 Å². The summed E-state index contributed by atoms with van der Waals surface area (Å²) in [5.74, 6) is 0.533. The van der Waals surface area contributed by atoms with E-state index in [1.807, 2.05) is 53.4 Å². The Balaban J connectivity index is 1.26. The average Bonchev–Trinajstić information content (AvgIpc) is 3.22. The van der Waals surface area contributed by atoms with Gasteiger partial charge in [0, 0.05) is 44.5 Å². The van der Waals surface area contributed by atoms with Gasteiger partial charge >= 0.3 is 0 Å². The molecule has 8 heteroatoms. The van der Waals surface area contributed by atoms with E-state index in [9.17, 15) is 9.59 Å². The SMILES string of the molecule is COc1ccccc1NC(=O)CCN1CCN(C(=O)c2n[nH]c3ccccc23)CC1. The number of methoxy groups -OCH3 is 1. The second-order valence-corrected chi connectivity index (χ2v) is 7.25. The minimum absolute atomic E-state index is 0.0546. The molecule has 0 bridgehead atoms. The summed E-state index contributed by atoms with van der Waals surface area (Å²) in [4.78, 5) is 29.2. The number of hydrogen-bond acceptors (Lipinski definition) is 5. The summed E-state index contributed by atoms with van der Waals surface area (Å²) in [6.45, 7) is 3.35. The molecule has 0 aliphatic carbocycles. The molecule has 2 amide bonds. The fraction of sp³-hybridized carbons (Fsp3) is 0.318. The van der Waals surface area contributed by atoms with Crippen molar-refractivity contribution in [3.63, 3.8) is 0 Å². The molecule has 156 valence electrons. The molecular weight excluding hydrogens is 382 g/mol. The lowest BCUT2D eigenvalue weighted by Crippen LogP contribution is -2.49. The number of aromatic nitrogens is 2. The van der Waals surface area contributed by atoms with Gasteiger partial charge in [-0.05, 0) is 18.2 Å². The van der Waals surface area contributed by atoms with Gasteiger partial charge in [-0.15, -0.1) is 0 Å². The highest BCUT2D eigenvalue weighted by molar-refractivity contribution is 6.04. The lowest BCUT2D eigenvalue weighted by molar-refractivity contribution is -0.116. The number of amides is 2. The molecule has 0 saturated carbocycles. The summed E-state index contributed by atoms with van der Waals surface area (Å²) >= 11 is 0. The minimum Gasteiger partial charge on any atom is -0.495 e. The third-order valence-electron chi connectivity index (χ3n) is 5.37. The first kappa shape index (κ1) is 19.9. The number of para-hydroxylation sites is 3. The van der Waals surface area contributed by atoms with Crippen LogP contribution in [0.3, 0.4) is 0 Å². The van der Waals surface area contributed by atoms with Crippen molar-refractivity contribution in [1.29, 1.82) is 0 Å². The number of H-pyrrole nitrogens is 1. The maximum Gasteiger partial charge on any atom is 0.275 e. The van der Waals surface area contributed by atoms with Crippen LogP contribution in [-0.2, 0) is 4.79 Å². The Morgan fingerprint density at radius 1 is 1.07 bits per heavy atom. The summed E-state index contributed by atoms with van der Waals surface area (Å²) in [5, 5.41) is 10.9. The zero-order chi connectivity index (χ0) is 20.9. The molecule has 0 radical (unpaired) electrons. The number of piperazine rings is 1. The van der Waals surface area contributed by atoms with E-state index in [4.69, 9.17) is 4.74 Å². The molecule has 3 aromatic rings. The number of fused-ring (bicyclic) bond motifs is 1. The normalized spacial score (nSPS) is 14.6. The fourth-order valence-corrected chi connectivity index (χ4v) is 3.67. The molecule has 1 aromatic heterocycles. The van der Waals surface area contributed by atoms with Crippen LogP contribution >= 0.6 is 0 Å². The van der Waals surface area contributed by atoms with E-state index in [1.165, 1.54) is 0 Å². The van der Waals surface area contributed by atoms with Crippen LogP contribution in [0, 0.1) is 0 Å². The first-order valence-electron chi connectivity index (χ1n) is 10.0. The van der Waals surface area contributed by atoms with Crippen molar-refractivity contribution in [3.05, 3.63) is 54.2 Å². The molecule has 1 fully saturated rings. The van der Waals surface area contributed by atoms with E-state index in [0.717, 1.165) is 24.0 Å². The smallest absolute Gasteiger partial charge is 0.275 e. The third-order valence-corrected chi connectivity index (χ3v) is 5.37. The van der Waals surface area contributed by atoms with Crippen LogP contribution in [0.1, 0.15) is 16.9 Å². The van der Waals surface area contributed by atoms with Crippen LogP contribution in [0.2, 0.25) is 0 Å². The molecule has 2 aromatic carbocycles. The van der Waals surface area contributed by atoms with Crippen molar-refractivity contribution in [3.8, 4) is 5.75 Å². The highest BCUT2D eigenvalue weighted by atomic mass is 16.5. The van der Waals surface area contributed by atoms with Gasteiger partial charge in [0.2, 0.25) is 5.91 Å². The van der Waals surface area contributed by atoms with Crippen molar-refractivity contribution >= 4 is 28.4 Å². The van der Waals surface area contributed by atoms with Crippen LogP contribution in [0.15, 0.2) is 48.5 Å². The minimum atomic E-state index is -0.0546. The quantitative estimate of drug-likeness (QED) is 0.655.